The molecule has 12 heavy (non-hydrogen) atoms. The topological polar surface area (TPSA) is 3.24 Å². The molecular weight excluding hydrogens is 146 g/mol. The molecule has 0 saturated carbocycles. The lowest BCUT2D eigenvalue weighted by Gasteiger charge is -2.34. The summed E-state index contributed by atoms with van der Waals surface area (Å²) in [4.78, 5) is 2.66. The molecule has 0 aromatic rings. The van der Waals surface area contributed by atoms with Gasteiger partial charge in [-0.05, 0) is 32.2 Å². The SMILES string of the molecule is CCC(C)CN1CCCCC1C. The third-order valence-electron chi connectivity index (χ3n) is 3.18. The van der Waals surface area contributed by atoms with Gasteiger partial charge in [0.05, 0.1) is 0 Å². The van der Waals surface area contributed by atoms with Gasteiger partial charge in [-0.15, -0.1) is 0 Å². The van der Waals surface area contributed by atoms with E-state index in [4.69, 9.17) is 0 Å². The summed E-state index contributed by atoms with van der Waals surface area (Å²) in [7, 11) is 0. The Bertz CT molecular complexity index is 122. The monoisotopic (exact) mass is 169 g/mol. The first-order chi connectivity index (χ1) is 5.74. The van der Waals surface area contributed by atoms with Crippen LogP contribution in [0.3, 0.4) is 0 Å². The maximum Gasteiger partial charge on any atom is 0.00670 e. The smallest absolute Gasteiger partial charge is 0.00670 e. The van der Waals surface area contributed by atoms with Crippen molar-refractivity contribution in [3.05, 3.63) is 0 Å². The molecule has 1 aliphatic heterocycles. The minimum atomic E-state index is 0.841. The molecule has 1 rings (SSSR count). The van der Waals surface area contributed by atoms with Crippen LogP contribution in [0.15, 0.2) is 0 Å². The Hall–Kier alpha value is -0.0400. The Morgan fingerprint density at radius 3 is 2.75 bits per heavy atom. The lowest BCUT2D eigenvalue weighted by molar-refractivity contribution is 0.139. The second kappa shape index (κ2) is 4.86. The normalized spacial score (nSPS) is 28.8. The van der Waals surface area contributed by atoms with E-state index in [9.17, 15) is 0 Å². The van der Waals surface area contributed by atoms with Crippen molar-refractivity contribution >= 4 is 0 Å². The summed E-state index contributed by atoms with van der Waals surface area (Å²) in [6.45, 7) is 9.69. The molecule has 1 heterocycles. The molecule has 72 valence electrons. The first-order valence-electron chi connectivity index (χ1n) is 5.48. The Labute approximate surface area is 77.1 Å². The standard InChI is InChI=1S/C11H23N/c1-4-10(2)9-12-8-6-5-7-11(12)3/h10-11H,4-9H2,1-3H3. The van der Waals surface area contributed by atoms with Crippen molar-refractivity contribution in [2.24, 2.45) is 5.92 Å². The Balaban J connectivity index is 2.28. The van der Waals surface area contributed by atoms with E-state index >= 15 is 0 Å². The fourth-order valence-corrected chi connectivity index (χ4v) is 1.96. The van der Waals surface area contributed by atoms with Crippen LogP contribution in [-0.2, 0) is 0 Å². The largest absolute Gasteiger partial charge is 0.300 e. The molecular formula is C11H23N. The van der Waals surface area contributed by atoms with Gasteiger partial charge in [0.15, 0.2) is 0 Å². The van der Waals surface area contributed by atoms with Gasteiger partial charge in [0.25, 0.3) is 0 Å². The molecule has 2 unspecified atom stereocenters. The number of likely N-dealkylation sites (tertiary alicyclic amines) is 1. The van der Waals surface area contributed by atoms with E-state index in [-0.39, 0.29) is 0 Å². The van der Waals surface area contributed by atoms with Gasteiger partial charge in [0.2, 0.25) is 0 Å². The minimum Gasteiger partial charge on any atom is -0.300 e. The molecule has 0 aromatic carbocycles. The zero-order chi connectivity index (χ0) is 8.97. The number of rotatable bonds is 3. The van der Waals surface area contributed by atoms with Gasteiger partial charge in [0, 0.05) is 12.6 Å². The van der Waals surface area contributed by atoms with Gasteiger partial charge in [-0.1, -0.05) is 26.7 Å². The first-order valence-corrected chi connectivity index (χ1v) is 5.48. The highest BCUT2D eigenvalue weighted by Gasteiger charge is 2.18. The van der Waals surface area contributed by atoms with Crippen molar-refractivity contribution in [2.75, 3.05) is 13.1 Å². The predicted octanol–water partition coefficient (Wildman–Crippen LogP) is 2.91. The molecule has 1 aliphatic rings. The van der Waals surface area contributed by atoms with Crippen LogP contribution in [0.25, 0.3) is 0 Å². The van der Waals surface area contributed by atoms with Crippen LogP contribution in [0.1, 0.15) is 46.5 Å². The van der Waals surface area contributed by atoms with Crippen LogP contribution in [-0.4, -0.2) is 24.0 Å². The number of nitrogens with zero attached hydrogens (tertiary/aromatic N) is 1. The molecule has 0 aliphatic carbocycles. The third kappa shape index (κ3) is 2.78. The van der Waals surface area contributed by atoms with Gasteiger partial charge >= 0.3 is 0 Å². The molecule has 2 atom stereocenters. The van der Waals surface area contributed by atoms with Crippen molar-refractivity contribution in [3.63, 3.8) is 0 Å². The summed E-state index contributed by atoms with van der Waals surface area (Å²) in [6, 6.07) is 0.841. The number of hydrogen-bond donors (Lipinski definition) is 0. The fourth-order valence-electron chi connectivity index (χ4n) is 1.96. The lowest BCUT2D eigenvalue weighted by Crippen LogP contribution is -2.39. The fraction of sp³-hybridized carbons (Fsp3) is 1.00. The van der Waals surface area contributed by atoms with E-state index in [2.05, 4.69) is 25.7 Å². The Morgan fingerprint density at radius 1 is 1.42 bits per heavy atom. The quantitative estimate of drug-likeness (QED) is 0.628. The average Bonchev–Trinajstić information content (AvgIpc) is 2.09. The lowest BCUT2D eigenvalue weighted by atomic mass is 10.0. The molecule has 0 radical (unpaired) electrons. The molecule has 1 nitrogen and oxygen atoms in total. The predicted molar refractivity (Wildman–Crippen MR) is 54.3 cm³/mol. The molecule has 0 bridgehead atoms. The van der Waals surface area contributed by atoms with Gasteiger partial charge in [0.1, 0.15) is 0 Å². The maximum atomic E-state index is 2.66. The maximum absolute atomic E-state index is 2.66. The van der Waals surface area contributed by atoms with E-state index < -0.39 is 0 Å². The van der Waals surface area contributed by atoms with Crippen molar-refractivity contribution in [2.45, 2.75) is 52.5 Å². The highest BCUT2D eigenvalue weighted by Crippen LogP contribution is 2.18. The van der Waals surface area contributed by atoms with Crippen LogP contribution in [0, 0.1) is 5.92 Å². The second-order valence-electron chi connectivity index (χ2n) is 4.35. The van der Waals surface area contributed by atoms with Gasteiger partial charge in [-0.3, -0.25) is 0 Å². The van der Waals surface area contributed by atoms with E-state index in [1.807, 2.05) is 0 Å². The summed E-state index contributed by atoms with van der Waals surface area (Å²) >= 11 is 0. The second-order valence-corrected chi connectivity index (χ2v) is 4.35. The minimum absolute atomic E-state index is 0.841. The summed E-state index contributed by atoms with van der Waals surface area (Å²) in [5.74, 6) is 0.880. The van der Waals surface area contributed by atoms with Crippen molar-refractivity contribution in [1.82, 2.24) is 4.90 Å². The van der Waals surface area contributed by atoms with E-state index in [1.54, 1.807) is 0 Å². The third-order valence-corrected chi connectivity index (χ3v) is 3.18. The highest BCUT2D eigenvalue weighted by atomic mass is 15.2. The summed E-state index contributed by atoms with van der Waals surface area (Å²) < 4.78 is 0. The first kappa shape index (κ1) is 10.0. The van der Waals surface area contributed by atoms with Gasteiger partial charge in [-0.25, -0.2) is 0 Å². The zero-order valence-corrected chi connectivity index (χ0v) is 8.84. The van der Waals surface area contributed by atoms with Crippen LogP contribution in [0.2, 0.25) is 0 Å². The Morgan fingerprint density at radius 2 is 2.17 bits per heavy atom. The highest BCUT2D eigenvalue weighted by molar-refractivity contribution is 4.74. The van der Waals surface area contributed by atoms with E-state index in [0.29, 0.717) is 0 Å². The summed E-state index contributed by atoms with van der Waals surface area (Å²) in [6.07, 6.45) is 5.60. The molecule has 0 N–H and O–H groups in total. The summed E-state index contributed by atoms with van der Waals surface area (Å²) in [5.41, 5.74) is 0. The van der Waals surface area contributed by atoms with Crippen LogP contribution < -0.4 is 0 Å². The summed E-state index contributed by atoms with van der Waals surface area (Å²) in [5, 5.41) is 0. The van der Waals surface area contributed by atoms with E-state index in [0.717, 1.165) is 12.0 Å². The van der Waals surface area contributed by atoms with Crippen molar-refractivity contribution < 1.29 is 0 Å². The van der Waals surface area contributed by atoms with E-state index in [1.165, 1.54) is 38.8 Å². The molecule has 0 aromatic heterocycles. The molecule has 0 spiro atoms. The zero-order valence-electron chi connectivity index (χ0n) is 8.84. The Kier molecular flexibility index (Phi) is 4.07. The molecule has 0 amide bonds. The van der Waals surface area contributed by atoms with Crippen LogP contribution in [0.5, 0.6) is 0 Å². The van der Waals surface area contributed by atoms with Crippen molar-refractivity contribution in [3.8, 4) is 0 Å². The van der Waals surface area contributed by atoms with Gasteiger partial charge < -0.3 is 4.90 Å². The molecule has 1 fully saturated rings. The van der Waals surface area contributed by atoms with Crippen LogP contribution in [0.4, 0.5) is 0 Å². The number of piperidine rings is 1. The average molecular weight is 169 g/mol. The van der Waals surface area contributed by atoms with Gasteiger partial charge in [-0.2, -0.15) is 0 Å². The molecule has 1 saturated heterocycles. The molecule has 1 heteroatoms. The number of hydrogen-bond acceptors (Lipinski definition) is 1. The van der Waals surface area contributed by atoms with Crippen molar-refractivity contribution in [1.29, 1.82) is 0 Å². The van der Waals surface area contributed by atoms with Crippen LogP contribution >= 0.6 is 0 Å².